The summed E-state index contributed by atoms with van der Waals surface area (Å²) in [5.74, 6) is -1.55. The topological polar surface area (TPSA) is 97.1 Å². The third-order valence-electron chi connectivity index (χ3n) is 4.01. The lowest BCUT2D eigenvalue weighted by molar-refractivity contribution is -0.900. The van der Waals surface area contributed by atoms with Gasteiger partial charge in [0, 0.05) is 23.8 Å². The molecule has 0 radical (unpaired) electrons. The summed E-state index contributed by atoms with van der Waals surface area (Å²) < 4.78 is 0. The molecule has 1 aliphatic rings. The molecule has 23 heavy (non-hydrogen) atoms. The molecule has 0 unspecified atom stereocenters. The number of benzene rings is 1. The van der Waals surface area contributed by atoms with Crippen LogP contribution in [0.1, 0.15) is 12.8 Å². The van der Waals surface area contributed by atoms with E-state index in [9.17, 15) is 14.7 Å². The summed E-state index contributed by atoms with van der Waals surface area (Å²) in [7, 11) is 0. The minimum Gasteiger partial charge on any atom is -0.550 e. The predicted molar refractivity (Wildman–Crippen MR) is 84.2 cm³/mol. The number of quaternary nitrogens is 1. The first kappa shape index (κ1) is 17.2. The van der Waals surface area contributed by atoms with Crippen LogP contribution in [0, 0.1) is 0 Å². The molecule has 1 aliphatic heterocycles. The number of hydrogen-bond acceptors (Lipinski definition) is 5. The smallest absolute Gasteiger partial charge is 0.224 e. The summed E-state index contributed by atoms with van der Waals surface area (Å²) in [6.07, 6.45) is -0.357. The van der Waals surface area contributed by atoms with Crippen LogP contribution in [0.3, 0.4) is 0 Å². The Kier molecular flexibility index (Phi) is 6.37. The lowest BCUT2D eigenvalue weighted by atomic mass is 10.2. The van der Waals surface area contributed by atoms with Crippen molar-refractivity contribution in [1.29, 1.82) is 0 Å². The first-order valence-electron chi connectivity index (χ1n) is 7.87. The van der Waals surface area contributed by atoms with Crippen LogP contribution in [-0.2, 0) is 9.59 Å². The first-order valence-corrected chi connectivity index (χ1v) is 7.87. The molecule has 1 saturated heterocycles. The molecule has 0 saturated carbocycles. The molecule has 126 valence electrons. The number of amides is 1. The van der Waals surface area contributed by atoms with Crippen LogP contribution in [0.2, 0.25) is 0 Å². The molecular formula is C16H23N3O4. The Balaban J connectivity index is 1.83. The van der Waals surface area contributed by atoms with Crippen molar-refractivity contribution in [3.63, 3.8) is 0 Å². The van der Waals surface area contributed by atoms with Gasteiger partial charge >= 0.3 is 0 Å². The molecule has 1 aromatic carbocycles. The molecule has 7 nitrogen and oxygen atoms in total. The highest BCUT2D eigenvalue weighted by atomic mass is 16.4. The zero-order chi connectivity index (χ0) is 16.7. The van der Waals surface area contributed by atoms with Crippen molar-refractivity contribution in [3.8, 4) is 0 Å². The monoisotopic (exact) mass is 321 g/mol. The van der Waals surface area contributed by atoms with Gasteiger partial charge in [0.25, 0.3) is 0 Å². The first-order chi connectivity index (χ1) is 11.1. The van der Waals surface area contributed by atoms with Crippen molar-refractivity contribution in [1.82, 2.24) is 0 Å². The Morgan fingerprint density at radius 3 is 2.39 bits per heavy atom. The van der Waals surface area contributed by atoms with Crippen LogP contribution in [0.15, 0.2) is 24.3 Å². The fourth-order valence-electron chi connectivity index (χ4n) is 2.68. The van der Waals surface area contributed by atoms with Gasteiger partial charge < -0.3 is 30.1 Å². The van der Waals surface area contributed by atoms with E-state index < -0.39 is 5.97 Å². The molecule has 0 aromatic heterocycles. The van der Waals surface area contributed by atoms with Gasteiger partial charge in [-0.25, -0.2) is 0 Å². The van der Waals surface area contributed by atoms with Gasteiger partial charge in [0.1, 0.15) is 6.54 Å². The molecule has 0 aliphatic carbocycles. The summed E-state index contributed by atoms with van der Waals surface area (Å²) in [6.45, 7) is 4.90. The summed E-state index contributed by atoms with van der Waals surface area (Å²) >= 11 is 0. The Hall–Kier alpha value is -2.12. The lowest BCUT2D eigenvalue weighted by Gasteiger charge is -2.33. The lowest BCUT2D eigenvalue weighted by Crippen LogP contribution is -3.15. The minimum absolute atomic E-state index is 0.0837. The summed E-state index contributed by atoms with van der Waals surface area (Å²) in [5, 5.41) is 22.0. The molecule has 1 aromatic rings. The largest absolute Gasteiger partial charge is 0.550 e. The van der Waals surface area contributed by atoms with E-state index in [1.165, 1.54) is 4.90 Å². The second kappa shape index (κ2) is 8.50. The number of hydrogen-bond donors (Lipinski definition) is 3. The predicted octanol–water partition coefficient (Wildman–Crippen LogP) is -2.15. The van der Waals surface area contributed by atoms with Gasteiger partial charge in [-0.3, -0.25) is 4.79 Å². The summed E-state index contributed by atoms with van der Waals surface area (Å²) in [6, 6.07) is 7.54. The van der Waals surface area contributed by atoms with Gasteiger partial charge in [-0.15, -0.1) is 0 Å². The number of aliphatic carboxylic acids is 1. The molecule has 1 fully saturated rings. The Morgan fingerprint density at radius 1 is 1.17 bits per heavy atom. The van der Waals surface area contributed by atoms with Gasteiger partial charge in [0.15, 0.2) is 0 Å². The maximum absolute atomic E-state index is 11.6. The Labute approximate surface area is 135 Å². The standard InChI is InChI=1S/C16H23N3O4/c20-12-11-18-7-9-19(10-8-18)14-3-1-13(2-4-14)17-15(21)5-6-16(22)23/h1-4,20H,5-12H2,(H,17,21)(H,22,23). The van der Waals surface area contributed by atoms with E-state index in [0.717, 1.165) is 38.4 Å². The van der Waals surface area contributed by atoms with E-state index in [-0.39, 0.29) is 25.4 Å². The number of carboxylic acid groups (broad SMARTS) is 1. The fraction of sp³-hybridized carbons (Fsp3) is 0.500. The molecule has 0 bridgehead atoms. The average molecular weight is 321 g/mol. The Bertz CT molecular complexity index is 525. The van der Waals surface area contributed by atoms with E-state index >= 15 is 0 Å². The van der Waals surface area contributed by atoms with E-state index in [2.05, 4.69) is 10.2 Å². The number of anilines is 2. The van der Waals surface area contributed by atoms with Crippen LogP contribution in [0.5, 0.6) is 0 Å². The van der Waals surface area contributed by atoms with Gasteiger partial charge in [0.2, 0.25) is 5.91 Å². The zero-order valence-corrected chi connectivity index (χ0v) is 13.1. The van der Waals surface area contributed by atoms with Gasteiger partial charge in [0.05, 0.1) is 32.8 Å². The highest BCUT2D eigenvalue weighted by Crippen LogP contribution is 2.18. The van der Waals surface area contributed by atoms with Crippen molar-refractivity contribution < 1.29 is 24.7 Å². The maximum atomic E-state index is 11.6. The second-order valence-electron chi connectivity index (χ2n) is 5.68. The van der Waals surface area contributed by atoms with Crippen molar-refractivity contribution in [2.75, 3.05) is 49.5 Å². The van der Waals surface area contributed by atoms with Gasteiger partial charge in [-0.2, -0.15) is 0 Å². The zero-order valence-electron chi connectivity index (χ0n) is 13.1. The van der Waals surface area contributed by atoms with Gasteiger partial charge in [-0.1, -0.05) is 0 Å². The third kappa shape index (κ3) is 5.54. The van der Waals surface area contributed by atoms with Crippen molar-refractivity contribution in [2.45, 2.75) is 12.8 Å². The highest BCUT2D eigenvalue weighted by Gasteiger charge is 2.19. The molecule has 2 rings (SSSR count). The normalized spacial score (nSPS) is 15.4. The van der Waals surface area contributed by atoms with Crippen molar-refractivity contribution in [2.24, 2.45) is 0 Å². The Morgan fingerprint density at radius 2 is 1.83 bits per heavy atom. The quantitative estimate of drug-likeness (QED) is 0.532. The number of carbonyl (C=O) groups is 2. The molecule has 7 heteroatoms. The molecule has 3 N–H and O–H groups in total. The van der Waals surface area contributed by atoms with Crippen LogP contribution >= 0.6 is 0 Å². The fourth-order valence-corrected chi connectivity index (χ4v) is 2.68. The minimum atomic E-state index is -1.22. The van der Waals surface area contributed by atoms with E-state index in [1.54, 1.807) is 0 Å². The van der Waals surface area contributed by atoms with E-state index in [0.29, 0.717) is 5.69 Å². The van der Waals surface area contributed by atoms with Crippen LogP contribution in [0.25, 0.3) is 0 Å². The molecule has 0 atom stereocenters. The number of piperazine rings is 1. The third-order valence-corrected chi connectivity index (χ3v) is 4.01. The average Bonchev–Trinajstić information content (AvgIpc) is 2.55. The highest BCUT2D eigenvalue weighted by molar-refractivity contribution is 5.92. The molecular weight excluding hydrogens is 298 g/mol. The van der Waals surface area contributed by atoms with Gasteiger partial charge in [-0.05, 0) is 30.7 Å². The van der Waals surface area contributed by atoms with Crippen LogP contribution in [-0.4, -0.2) is 56.3 Å². The molecule has 1 amide bonds. The molecule has 0 spiro atoms. The number of rotatable bonds is 7. The number of nitrogens with one attached hydrogen (secondary N) is 2. The SMILES string of the molecule is O=C([O-])CCC(=O)Nc1ccc(N2CC[NH+](CCO)CC2)cc1. The molecule has 1 heterocycles. The van der Waals surface area contributed by atoms with Crippen LogP contribution < -0.4 is 20.2 Å². The van der Waals surface area contributed by atoms with Crippen molar-refractivity contribution >= 4 is 23.3 Å². The van der Waals surface area contributed by atoms with E-state index in [1.807, 2.05) is 24.3 Å². The summed E-state index contributed by atoms with van der Waals surface area (Å²) in [4.78, 5) is 25.6. The van der Waals surface area contributed by atoms with Crippen molar-refractivity contribution in [3.05, 3.63) is 24.3 Å². The van der Waals surface area contributed by atoms with Crippen LogP contribution in [0.4, 0.5) is 11.4 Å². The summed E-state index contributed by atoms with van der Waals surface area (Å²) in [5.41, 5.74) is 1.75. The number of nitrogens with zero attached hydrogens (tertiary/aromatic N) is 1. The maximum Gasteiger partial charge on any atom is 0.224 e. The second-order valence-corrected chi connectivity index (χ2v) is 5.68. The number of carboxylic acids is 1. The number of aliphatic hydroxyl groups excluding tert-OH is 1. The number of aliphatic hydroxyl groups is 1. The number of carbonyl (C=O) groups excluding carboxylic acids is 2. The van der Waals surface area contributed by atoms with E-state index in [4.69, 9.17) is 5.11 Å².